The van der Waals surface area contributed by atoms with E-state index in [2.05, 4.69) is 28.1 Å². The molecule has 0 aromatic heterocycles. The maximum atomic E-state index is 11.5. The Balaban J connectivity index is 2.27. The van der Waals surface area contributed by atoms with Crippen molar-refractivity contribution in [1.29, 1.82) is 0 Å². The summed E-state index contributed by atoms with van der Waals surface area (Å²) in [5, 5.41) is 0. The van der Waals surface area contributed by atoms with Crippen LogP contribution in [0.5, 0.6) is 0 Å². The lowest BCUT2D eigenvalue weighted by molar-refractivity contribution is -0.116. The summed E-state index contributed by atoms with van der Waals surface area (Å²) in [7, 11) is 0. The van der Waals surface area contributed by atoms with Crippen molar-refractivity contribution in [3.63, 3.8) is 0 Å². The predicted molar refractivity (Wildman–Crippen MR) is 52.3 cm³/mol. The number of fused-ring (bicyclic) bond motifs is 1. The molecule has 0 radical (unpaired) electrons. The fraction of sp³-hybridized carbons (Fsp3) is 0.500. The van der Waals surface area contributed by atoms with Crippen molar-refractivity contribution in [1.82, 2.24) is 0 Å². The van der Waals surface area contributed by atoms with Gasteiger partial charge in [0.2, 0.25) is 0 Å². The zero-order chi connectivity index (χ0) is 8.55. The summed E-state index contributed by atoms with van der Waals surface area (Å²) in [4.78, 5) is 11.7. The number of hydrogen-bond acceptors (Lipinski definition) is 1. The molecule has 2 rings (SSSR count). The minimum Gasteiger partial charge on any atom is -0.295 e. The molecule has 1 saturated carbocycles. The molecule has 0 aromatic rings. The van der Waals surface area contributed by atoms with E-state index in [1.807, 2.05) is 6.08 Å². The van der Waals surface area contributed by atoms with Gasteiger partial charge >= 0.3 is 0 Å². The lowest BCUT2D eigenvalue weighted by Gasteiger charge is -2.25. The average Bonchev–Trinajstić information content (AvgIpc) is 2.07. The Morgan fingerprint density at radius 1 is 1.42 bits per heavy atom. The van der Waals surface area contributed by atoms with Gasteiger partial charge in [-0.2, -0.15) is 0 Å². The molecule has 2 heteroatoms. The number of Topliss-reactive ketones (excluding diaryl/α,β-unsaturated/α-hetero) is 1. The Hall–Kier alpha value is -0.370. The molecule has 0 bridgehead atoms. The van der Waals surface area contributed by atoms with E-state index < -0.39 is 0 Å². The zero-order valence-electron chi connectivity index (χ0n) is 6.79. The first kappa shape index (κ1) is 8.24. The zero-order valence-corrected chi connectivity index (χ0v) is 8.38. The van der Waals surface area contributed by atoms with Gasteiger partial charge in [-0.05, 0) is 18.4 Å². The van der Waals surface area contributed by atoms with Crippen LogP contribution in [0.4, 0.5) is 0 Å². The van der Waals surface area contributed by atoms with E-state index in [-0.39, 0.29) is 4.83 Å². The standard InChI is InChI=1S/C10H11BrO/c11-8-5-4-7-2-1-3-10(12)9(7)6-8/h4-8H,1-3H2. The molecule has 0 spiro atoms. The van der Waals surface area contributed by atoms with E-state index in [1.54, 1.807) is 0 Å². The van der Waals surface area contributed by atoms with Gasteiger partial charge in [0.05, 0.1) is 4.83 Å². The molecule has 0 heterocycles. The van der Waals surface area contributed by atoms with Crippen LogP contribution in [0.2, 0.25) is 0 Å². The lowest BCUT2D eigenvalue weighted by atomic mass is 9.80. The molecule has 12 heavy (non-hydrogen) atoms. The van der Waals surface area contributed by atoms with Crippen molar-refractivity contribution in [3.05, 3.63) is 23.8 Å². The number of alkyl halides is 1. The fourth-order valence-electron chi connectivity index (χ4n) is 1.87. The van der Waals surface area contributed by atoms with Crippen molar-refractivity contribution in [2.24, 2.45) is 5.92 Å². The second-order valence-corrected chi connectivity index (χ2v) is 4.43. The summed E-state index contributed by atoms with van der Waals surface area (Å²) in [5.74, 6) is 0.764. The van der Waals surface area contributed by atoms with Crippen molar-refractivity contribution in [3.8, 4) is 0 Å². The molecule has 0 aromatic carbocycles. The van der Waals surface area contributed by atoms with Crippen LogP contribution in [0.25, 0.3) is 0 Å². The summed E-state index contributed by atoms with van der Waals surface area (Å²) in [5.41, 5.74) is 1.03. The second-order valence-electron chi connectivity index (χ2n) is 3.37. The van der Waals surface area contributed by atoms with Gasteiger partial charge in [0, 0.05) is 12.3 Å². The highest BCUT2D eigenvalue weighted by Gasteiger charge is 2.26. The smallest absolute Gasteiger partial charge is 0.159 e. The molecular weight excluding hydrogens is 216 g/mol. The Morgan fingerprint density at radius 2 is 2.25 bits per heavy atom. The van der Waals surface area contributed by atoms with Crippen LogP contribution < -0.4 is 0 Å². The number of ketones is 1. The highest BCUT2D eigenvalue weighted by atomic mass is 79.9. The maximum absolute atomic E-state index is 11.5. The summed E-state index contributed by atoms with van der Waals surface area (Å²) in [6, 6.07) is 0. The average molecular weight is 227 g/mol. The van der Waals surface area contributed by atoms with Gasteiger partial charge in [-0.3, -0.25) is 4.79 Å². The lowest BCUT2D eigenvalue weighted by Crippen LogP contribution is -2.21. The molecule has 0 aliphatic heterocycles. The van der Waals surface area contributed by atoms with Crippen LogP contribution in [0.1, 0.15) is 19.3 Å². The van der Waals surface area contributed by atoms with Crippen LogP contribution in [0.15, 0.2) is 23.8 Å². The number of carbonyl (C=O) groups is 1. The highest BCUT2D eigenvalue weighted by Crippen LogP contribution is 2.32. The summed E-state index contributed by atoms with van der Waals surface area (Å²) in [6.45, 7) is 0. The van der Waals surface area contributed by atoms with Crippen molar-refractivity contribution in [2.75, 3.05) is 0 Å². The quantitative estimate of drug-likeness (QED) is 0.459. The maximum Gasteiger partial charge on any atom is 0.159 e. The van der Waals surface area contributed by atoms with Gasteiger partial charge in [-0.1, -0.05) is 34.2 Å². The van der Waals surface area contributed by atoms with Crippen LogP contribution >= 0.6 is 15.9 Å². The first-order valence-corrected chi connectivity index (χ1v) is 5.26. The summed E-state index contributed by atoms with van der Waals surface area (Å²) >= 11 is 3.46. The first-order chi connectivity index (χ1) is 5.77. The molecule has 0 N–H and O–H groups in total. The molecule has 1 nitrogen and oxygen atoms in total. The topological polar surface area (TPSA) is 17.1 Å². The molecule has 2 unspecified atom stereocenters. The second kappa shape index (κ2) is 3.17. The molecule has 64 valence electrons. The number of allylic oxidation sites excluding steroid dienone is 4. The van der Waals surface area contributed by atoms with Crippen LogP contribution in [0, 0.1) is 5.92 Å². The van der Waals surface area contributed by atoms with Crippen molar-refractivity contribution >= 4 is 21.7 Å². The third kappa shape index (κ3) is 1.40. The monoisotopic (exact) mass is 226 g/mol. The summed E-state index contributed by atoms with van der Waals surface area (Å²) in [6.07, 6.45) is 9.27. The van der Waals surface area contributed by atoms with E-state index in [0.717, 1.165) is 24.8 Å². The van der Waals surface area contributed by atoms with Gasteiger partial charge in [0.25, 0.3) is 0 Å². The highest BCUT2D eigenvalue weighted by molar-refractivity contribution is 9.09. The third-order valence-corrected chi connectivity index (χ3v) is 3.08. The van der Waals surface area contributed by atoms with E-state index in [0.29, 0.717) is 11.7 Å². The Bertz CT molecular complexity index is 265. The number of halogens is 1. The Kier molecular flexibility index (Phi) is 2.18. The molecule has 0 amide bonds. The van der Waals surface area contributed by atoms with Gasteiger partial charge in [0.15, 0.2) is 5.78 Å². The molecule has 2 aliphatic carbocycles. The summed E-state index contributed by atoms with van der Waals surface area (Å²) < 4.78 is 0. The number of rotatable bonds is 0. The SMILES string of the molecule is O=C1CCCC2C=CC(Br)C=C12. The predicted octanol–water partition coefficient (Wildman–Crippen LogP) is 2.62. The molecular formula is C10H11BrO. The normalized spacial score (nSPS) is 34.4. The van der Waals surface area contributed by atoms with Crippen LogP contribution in [-0.4, -0.2) is 10.6 Å². The number of hydrogen-bond donors (Lipinski definition) is 0. The van der Waals surface area contributed by atoms with E-state index in [1.165, 1.54) is 0 Å². The van der Waals surface area contributed by atoms with E-state index >= 15 is 0 Å². The van der Waals surface area contributed by atoms with E-state index in [9.17, 15) is 4.79 Å². The van der Waals surface area contributed by atoms with Gasteiger partial charge in [-0.15, -0.1) is 0 Å². The van der Waals surface area contributed by atoms with Gasteiger partial charge < -0.3 is 0 Å². The van der Waals surface area contributed by atoms with Crippen LogP contribution in [-0.2, 0) is 4.79 Å². The number of carbonyl (C=O) groups excluding carboxylic acids is 1. The fourth-order valence-corrected chi connectivity index (χ4v) is 2.33. The van der Waals surface area contributed by atoms with E-state index in [4.69, 9.17) is 0 Å². The largest absolute Gasteiger partial charge is 0.295 e. The van der Waals surface area contributed by atoms with Crippen LogP contribution in [0.3, 0.4) is 0 Å². The molecule has 2 aliphatic rings. The van der Waals surface area contributed by atoms with Crippen molar-refractivity contribution in [2.45, 2.75) is 24.1 Å². The first-order valence-electron chi connectivity index (χ1n) is 4.34. The minimum absolute atomic E-state index is 0.269. The van der Waals surface area contributed by atoms with Gasteiger partial charge in [-0.25, -0.2) is 0 Å². The Morgan fingerprint density at radius 3 is 3.08 bits per heavy atom. The molecule has 2 atom stereocenters. The Labute approximate surface area is 80.7 Å². The molecule has 0 saturated heterocycles. The third-order valence-electron chi connectivity index (χ3n) is 2.51. The van der Waals surface area contributed by atoms with Crippen molar-refractivity contribution < 1.29 is 4.79 Å². The minimum atomic E-state index is 0.269. The molecule has 1 fully saturated rings. The van der Waals surface area contributed by atoms with Gasteiger partial charge in [0.1, 0.15) is 0 Å².